The maximum atomic E-state index is 13.3. The summed E-state index contributed by atoms with van der Waals surface area (Å²) in [7, 11) is 0. The van der Waals surface area contributed by atoms with Crippen molar-refractivity contribution in [3.8, 4) is 11.5 Å². The lowest BCUT2D eigenvalue weighted by molar-refractivity contribution is -0.121. The first-order valence-corrected chi connectivity index (χ1v) is 10.6. The Kier molecular flexibility index (Phi) is 4.30. The number of amides is 1. The van der Waals surface area contributed by atoms with Gasteiger partial charge in [0.05, 0.1) is 5.41 Å². The fourth-order valence-corrected chi connectivity index (χ4v) is 5.10. The van der Waals surface area contributed by atoms with Crippen LogP contribution in [0.4, 0.5) is 5.69 Å². The first-order chi connectivity index (χ1) is 13.7. The third-order valence-electron chi connectivity index (χ3n) is 6.63. The lowest BCUT2D eigenvalue weighted by atomic mass is 9.78. The van der Waals surface area contributed by atoms with Crippen molar-refractivity contribution in [3.05, 3.63) is 54.1 Å². The van der Waals surface area contributed by atoms with Gasteiger partial charge >= 0.3 is 0 Å². The van der Waals surface area contributed by atoms with Crippen LogP contribution < -0.4 is 14.8 Å². The van der Waals surface area contributed by atoms with Crippen molar-refractivity contribution >= 4 is 11.6 Å². The first-order valence-electron chi connectivity index (χ1n) is 10.6. The van der Waals surface area contributed by atoms with Crippen LogP contribution in [0.3, 0.4) is 0 Å². The molecule has 1 amide bonds. The van der Waals surface area contributed by atoms with Crippen LogP contribution in [0.2, 0.25) is 0 Å². The molecule has 3 aliphatic rings. The predicted octanol–water partition coefficient (Wildman–Crippen LogP) is 5.57. The molecular formula is C24H27NO3. The Morgan fingerprint density at radius 2 is 1.46 bits per heavy atom. The summed E-state index contributed by atoms with van der Waals surface area (Å²) in [4.78, 5) is 13.3. The molecule has 4 heteroatoms. The summed E-state index contributed by atoms with van der Waals surface area (Å²) in [5.41, 5.74) is 1.47. The minimum Gasteiger partial charge on any atom is -0.448 e. The number of benzene rings is 2. The van der Waals surface area contributed by atoms with Crippen molar-refractivity contribution in [2.24, 2.45) is 0 Å². The van der Waals surface area contributed by atoms with Crippen LogP contribution in [-0.4, -0.2) is 11.7 Å². The quantitative estimate of drug-likeness (QED) is 0.761. The molecule has 146 valence electrons. The average molecular weight is 377 g/mol. The standard InChI is InChI=1S/C24H27NO3/c26-22(23(13-7-8-14-23)18-9-3-1-4-10-18)25-19-11-12-20-21(17-19)28-24(27-20)15-5-2-6-16-24/h1,3-4,9-12,17H,2,5-8,13-16H2,(H,25,26). The number of anilines is 1. The lowest BCUT2D eigenvalue weighted by Crippen LogP contribution is -2.40. The van der Waals surface area contributed by atoms with Crippen molar-refractivity contribution in [1.82, 2.24) is 0 Å². The molecule has 2 saturated carbocycles. The van der Waals surface area contributed by atoms with E-state index in [1.807, 2.05) is 36.4 Å². The zero-order valence-corrected chi connectivity index (χ0v) is 16.2. The van der Waals surface area contributed by atoms with Crippen LogP contribution in [0, 0.1) is 0 Å². The largest absolute Gasteiger partial charge is 0.448 e. The number of hydrogen-bond donors (Lipinski definition) is 1. The molecule has 2 fully saturated rings. The van der Waals surface area contributed by atoms with Crippen molar-refractivity contribution in [2.75, 3.05) is 5.32 Å². The topological polar surface area (TPSA) is 47.6 Å². The van der Waals surface area contributed by atoms with Gasteiger partial charge in [0.25, 0.3) is 5.79 Å². The van der Waals surface area contributed by atoms with Crippen LogP contribution in [0.1, 0.15) is 63.4 Å². The zero-order chi connectivity index (χ0) is 19.0. The predicted molar refractivity (Wildman–Crippen MR) is 109 cm³/mol. The molecule has 1 N–H and O–H groups in total. The van der Waals surface area contributed by atoms with Gasteiger partial charge in [-0.15, -0.1) is 0 Å². The molecule has 1 spiro atoms. The minimum atomic E-state index is -0.486. The van der Waals surface area contributed by atoms with Crippen molar-refractivity contribution in [2.45, 2.75) is 69.0 Å². The fourth-order valence-electron chi connectivity index (χ4n) is 5.10. The average Bonchev–Trinajstić information content (AvgIpc) is 3.34. The second-order valence-corrected chi connectivity index (χ2v) is 8.45. The Morgan fingerprint density at radius 1 is 0.786 bits per heavy atom. The van der Waals surface area contributed by atoms with Gasteiger partial charge in [0.15, 0.2) is 11.5 Å². The van der Waals surface area contributed by atoms with E-state index in [1.54, 1.807) is 0 Å². The van der Waals surface area contributed by atoms with Crippen LogP contribution in [-0.2, 0) is 10.2 Å². The molecule has 0 saturated heterocycles. The van der Waals surface area contributed by atoms with E-state index >= 15 is 0 Å². The Labute approximate surface area is 166 Å². The molecule has 5 rings (SSSR count). The Bertz CT molecular complexity index is 865. The summed E-state index contributed by atoms with van der Waals surface area (Å²) in [6.07, 6.45) is 9.36. The third-order valence-corrected chi connectivity index (χ3v) is 6.63. The highest BCUT2D eigenvalue weighted by Gasteiger charge is 2.44. The highest BCUT2D eigenvalue weighted by molar-refractivity contribution is 5.99. The van der Waals surface area contributed by atoms with E-state index in [0.717, 1.165) is 74.1 Å². The van der Waals surface area contributed by atoms with E-state index in [0.29, 0.717) is 0 Å². The van der Waals surface area contributed by atoms with Gasteiger partial charge in [-0.1, -0.05) is 49.6 Å². The van der Waals surface area contributed by atoms with Gasteiger partial charge < -0.3 is 14.8 Å². The molecule has 0 aromatic heterocycles. The Balaban J connectivity index is 1.37. The van der Waals surface area contributed by atoms with Crippen LogP contribution in [0.25, 0.3) is 0 Å². The van der Waals surface area contributed by atoms with E-state index in [4.69, 9.17) is 9.47 Å². The number of carbonyl (C=O) groups is 1. The highest BCUT2D eigenvalue weighted by atomic mass is 16.7. The molecule has 0 atom stereocenters. The molecular weight excluding hydrogens is 350 g/mol. The summed E-state index contributed by atoms with van der Waals surface area (Å²) in [5.74, 6) is 1.14. The second kappa shape index (κ2) is 6.84. The van der Waals surface area contributed by atoms with Gasteiger partial charge in [-0.25, -0.2) is 0 Å². The number of nitrogens with one attached hydrogen (secondary N) is 1. The van der Waals surface area contributed by atoms with E-state index in [1.165, 1.54) is 6.42 Å². The van der Waals surface area contributed by atoms with Crippen LogP contribution in [0.5, 0.6) is 11.5 Å². The van der Waals surface area contributed by atoms with Gasteiger partial charge in [0.1, 0.15) is 0 Å². The van der Waals surface area contributed by atoms with Gasteiger partial charge in [0, 0.05) is 24.6 Å². The lowest BCUT2D eigenvalue weighted by Gasteiger charge is -2.31. The summed E-state index contributed by atoms with van der Waals surface area (Å²) in [6.45, 7) is 0. The van der Waals surface area contributed by atoms with Crippen molar-refractivity contribution in [1.29, 1.82) is 0 Å². The maximum absolute atomic E-state index is 13.3. The Hall–Kier alpha value is -2.49. The number of carbonyl (C=O) groups excluding carboxylic acids is 1. The van der Waals surface area contributed by atoms with Gasteiger partial charge in [-0.05, 0) is 43.4 Å². The molecule has 1 aliphatic heterocycles. The number of ether oxygens (including phenoxy) is 2. The van der Waals surface area contributed by atoms with Gasteiger partial charge in [-0.2, -0.15) is 0 Å². The smallest absolute Gasteiger partial charge is 0.251 e. The normalized spacial score (nSPS) is 21.6. The number of hydrogen-bond acceptors (Lipinski definition) is 3. The molecule has 0 bridgehead atoms. The molecule has 0 radical (unpaired) electrons. The number of fused-ring (bicyclic) bond motifs is 1. The van der Waals surface area contributed by atoms with E-state index in [2.05, 4.69) is 17.4 Å². The van der Waals surface area contributed by atoms with Gasteiger partial charge in [-0.3, -0.25) is 4.79 Å². The summed E-state index contributed by atoms with van der Waals surface area (Å²) >= 11 is 0. The summed E-state index contributed by atoms with van der Waals surface area (Å²) in [5, 5.41) is 3.17. The SMILES string of the molecule is O=C(Nc1ccc2c(c1)OC1(CCCCC1)O2)C1(c2ccccc2)CCCC1. The molecule has 2 aliphatic carbocycles. The number of rotatable bonds is 3. The zero-order valence-electron chi connectivity index (χ0n) is 16.2. The third kappa shape index (κ3) is 2.95. The van der Waals surface area contributed by atoms with Crippen molar-refractivity contribution in [3.63, 3.8) is 0 Å². The first kappa shape index (κ1) is 17.6. The molecule has 2 aromatic carbocycles. The molecule has 2 aromatic rings. The molecule has 28 heavy (non-hydrogen) atoms. The van der Waals surface area contributed by atoms with Gasteiger partial charge in [0.2, 0.25) is 5.91 Å². The van der Waals surface area contributed by atoms with Crippen LogP contribution >= 0.6 is 0 Å². The maximum Gasteiger partial charge on any atom is 0.251 e. The van der Waals surface area contributed by atoms with E-state index < -0.39 is 11.2 Å². The summed E-state index contributed by atoms with van der Waals surface area (Å²) < 4.78 is 12.4. The summed E-state index contributed by atoms with van der Waals surface area (Å²) in [6, 6.07) is 16.0. The fraction of sp³-hybridized carbons (Fsp3) is 0.458. The second-order valence-electron chi connectivity index (χ2n) is 8.45. The highest BCUT2D eigenvalue weighted by Crippen LogP contribution is 2.47. The van der Waals surface area contributed by atoms with E-state index in [9.17, 15) is 4.79 Å². The minimum absolute atomic E-state index is 0.0856. The Morgan fingerprint density at radius 3 is 2.21 bits per heavy atom. The van der Waals surface area contributed by atoms with Crippen molar-refractivity contribution < 1.29 is 14.3 Å². The monoisotopic (exact) mass is 377 g/mol. The molecule has 1 heterocycles. The van der Waals surface area contributed by atoms with Crippen LogP contribution in [0.15, 0.2) is 48.5 Å². The van der Waals surface area contributed by atoms with E-state index in [-0.39, 0.29) is 5.91 Å². The molecule has 4 nitrogen and oxygen atoms in total. The molecule has 0 unspecified atom stereocenters.